The van der Waals surface area contributed by atoms with E-state index in [-0.39, 0.29) is 38.6 Å². The fourth-order valence-corrected chi connectivity index (χ4v) is 1.30. The quantitative estimate of drug-likeness (QED) is 0.676. The first-order valence-electron chi connectivity index (χ1n) is 3.59. The Bertz CT molecular complexity index is 322. The van der Waals surface area contributed by atoms with Crippen LogP contribution in [0.3, 0.4) is 0 Å². The average molecular weight is 235 g/mol. The Labute approximate surface area is 96.6 Å². The van der Waals surface area contributed by atoms with Crippen LogP contribution in [0.5, 0.6) is 0 Å². The third-order valence-corrected chi connectivity index (χ3v) is 1.88. The zero-order valence-electron chi connectivity index (χ0n) is 6.87. The van der Waals surface area contributed by atoms with Crippen molar-refractivity contribution < 1.29 is 37.5 Å². The van der Waals surface area contributed by atoms with E-state index in [2.05, 4.69) is 5.32 Å². The molecular formula is C9H8NOY-. The molecule has 1 heterocycles. The molecule has 1 amide bonds. The first-order chi connectivity index (χ1) is 5.27. The summed E-state index contributed by atoms with van der Waals surface area (Å²) >= 11 is 0. The molecule has 2 nitrogen and oxygen atoms in total. The molecule has 0 N–H and O–H groups in total. The molecule has 0 atom stereocenters. The van der Waals surface area contributed by atoms with E-state index < -0.39 is 0 Å². The minimum Gasteiger partial charge on any atom is -0.645 e. The summed E-state index contributed by atoms with van der Waals surface area (Å²) in [6.45, 7) is 2.58. The Morgan fingerprint density at radius 1 is 1.42 bits per heavy atom. The van der Waals surface area contributed by atoms with Crippen LogP contribution in [0.1, 0.15) is 21.5 Å². The molecule has 0 unspecified atom stereocenters. The Kier molecular flexibility index (Phi) is 3.02. The van der Waals surface area contributed by atoms with Crippen LogP contribution >= 0.6 is 0 Å². The topological polar surface area (TPSA) is 31.2 Å². The molecule has 3 heteroatoms. The summed E-state index contributed by atoms with van der Waals surface area (Å²) in [5.41, 5.74) is 3.03. The number of fused-ring (bicyclic) bond motifs is 1. The largest absolute Gasteiger partial charge is 0.645 e. The third-order valence-electron chi connectivity index (χ3n) is 1.88. The first kappa shape index (κ1) is 9.88. The SMILES string of the molecule is Cc1ccc2c(c1)C[N-]C2=O.[Y]. The summed E-state index contributed by atoms with van der Waals surface area (Å²) in [5.74, 6) is -0.0694. The second-order valence-electron chi connectivity index (χ2n) is 2.78. The van der Waals surface area contributed by atoms with Gasteiger partial charge in [0.1, 0.15) is 0 Å². The number of carbonyl (C=O) groups is 1. The second-order valence-corrected chi connectivity index (χ2v) is 2.78. The predicted octanol–water partition coefficient (Wildman–Crippen LogP) is 2.02. The number of carbonyl (C=O) groups excluding carboxylic acids is 1. The molecule has 0 saturated carbocycles. The number of rotatable bonds is 0. The van der Waals surface area contributed by atoms with Gasteiger partial charge in [0.15, 0.2) is 0 Å². The summed E-state index contributed by atoms with van der Waals surface area (Å²) < 4.78 is 0. The van der Waals surface area contributed by atoms with Gasteiger partial charge in [0.25, 0.3) is 0 Å². The molecule has 1 aromatic carbocycles. The maximum atomic E-state index is 11.0. The Hall–Kier alpha value is -0.206. The van der Waals surface area contributed by atoms with E-state index in [0.29, 0.717) is 6.54 Å². The number of aryl methyl sites for hydroxylation is 1. The van der Waals surface area contributed by atoms with Crippen molar-refractivity contribution in [2.45, 2.75) is 13.5 Å². The summed E-state index contributed by atoms with van der Waals surface area (Å²) in [7, 11) is 0. The zero-order valence-corrected chi connectivity index (χ0v) is 9.71. The molecule has 12 heavy (non-hydrogen) atoms. The maximum Gasteiger partial charge on any atom is 0.0824 e. The van der Waals surface area contributed by atoms with Crippen molar-refractivity contribution in [3.8, 4) is 0 Å². The van der Waals surface area contributed by atoms with Gasteiger partial charge in [0.2, 0.25) is 0 Å². The molecule has 0 fully saturated rings. The molecule has 0 aromatic heterocycles. The third kappa shape index (κ3) is 1.59. The monoisotopic (exact) mass is 235 g/mol. The van der Waals surface area contributed by atoms with Gasteiger partial charge >= 0.3 is 0 Å². The standard InChI is InChI=1S/C9H9NO.Y/c1-6-2-3-8-7(4-6)5-10-9(8)11;/h2-4H,5H2,1H3,(H,10,11);/p-1. The summed E-state index contributed by atoms with van der Waals surface area (Å²) in [4.78, 5) is 11.0. The van der Waals surface area contributed by atoms with Crippen molar-refractivity contribution in [1.82, 2.24) is 0 Å². The summed E-state index contributed by atoms with van der Waals surface area (Å²) in [6.07, 6.45) is 0. The van der Waals surface area contributed by atoms with Crippen LogP contribution < -0.4 is 0 Å². The smallest absolute Gasteiger partial charge is 0.0824 e. The molecular weight excluding hydrogens is 227 g/mol. The van der Waals surface area contributed by atoms with Gasteiger partial charge in [-0.15, -0.1) is 6.54 Å². The average Bonchev–Trinajstić information content (AvgIpc) is 2.32. The molecule has 0 saturated heterocycles. The maximum absolute atomic E-state index is 11.0. The van der Waals surface area contributed by atoms with Crippen molar-refractivity contribution in [3.63, 3.8) is 0 Å². The van der Waals surface area contributed by atoms with Crippen LogP contribution in [-0.4, -0.2) is 5.91 Å². The Morgan fingerprint density at radius 3 is 2.92 bits per heavy atom. The van der Waals surface area contributed by atoms with Crippen molar-refractivity contribution >= 4 is 5.91 Å². The molecule has 1 aliphatic heterocycles. The van der Waals surface area contributed by atoms with Crippen molar-refractivity contribution in [3.05, 3.63) is 40.2 Å². The summed E-state index contributed by atoms with van der Waals surface area (Å²) in [5, 5.41) is 3.81. The molecule has 1 aliphatic rings. The minimum atomic E-state index is -0.0694. The number of hydrogen-bond acceptors (Lipinski definition) is 1. The van der Waals surface area contributed by atoms with Crippen LogP contribution in [0, 0.1) is 6.92 Å². The normalized spacial score (nSPS) is 13.2. The molecule has 0 spiro atoms. The van der Waals surface area contributed by atoms with E-state index >= 15 is 0 Å². The Morgan fingerprint density at radius 2 is 2.17 bits per heavy atom. The van der Waals surface area contributed by atoms with Crippen molar-refractivity contribution in [2.24, 2.45) is 0 Å². The number of benzene rings is 1. The van der Waals surface area contributed by atoms with E-state index in [1.165, 1.54) is 5.56 Å². The van der Waals surface area contributed by atoms with E-state index in [1.807, 2.05) is 25.1 Å². The Balaban J connectivity index is 0.000000720. The fourth-order valence-electron chi connectivity index (χ4n) is 1.30. The molecule has 59 valence electrons. The molecule has 0 bridgehead atoms. The van der Waals surface area contributed by atoms with Crippen LogP contribution in [0.4, 0.5) is 0 Å². The van der Waals surface area contributed by atoms with E-state index in [9.17, 15) is 4.79 Å². The van der Waals surface area contributed by atoms with Gasteiger partial charge in [-0.2, -0.15) is 0 Å². The van der Waals surface area contributed by atoms with Gasteiger partial charge in [-0.05, 0) is 6.92 Å². The fraction of sp³-hybridized carbons (Fsp3) is 0.222. The van der Waals surface area contributed by atoms with Gasteiger partial charge in [0.05, 0.1) is 5.91 Å². The first-order valence-corrected chi connectivity index (χ1v) is 3.59. The van der Waals surface area contributed by atoms with Crippen LogP contribution in [-0.2, 0) is 39.3 Å². The predicted molar refractivity (Wildman–Crippen MR) is 42.6 cm³/mol. The van der Waals surface area contributed by atoms with Gasteiger partial charge < -0.3 is 10.1 Å². The van der Waals surface area contributed by atoms with Crippen molar-refractivity contribution in [2.75, 3.05) is 0 Å². The second kappa shape index (κ2) is 3.67. The zero-order chi connectivity index (χ0) is 7.84. The van der Waals surface area contributed by atoms with Gasteiger partial charge in [-0.25, -0.2) is 0 Å². The number of hydrogen-bond donors (Lipinski definition) is 0. The molecule has 0 aliphatic carbocycles. The summed E-state index contributed by atoms with van der Waals surface area (Å²) in [6, 6.07) is 5.81. The molecule has 2 rings (SSSR count). The van der Waals surface area contributed by atoms with E-state index in [1.54, 1.807) is 0 Å². The van der Waals surface area contributed by atoms with Crippen molar-refractivity contribution in [1.29, 1.82) is 0 Å². The molecule has 1 radical (unpaired) electrons. The minimum absolute atomic E-state index is 0. The van der Waals surface area contributed by atoms with E-state index in [0.717, 1.165) is 11.1 Å². The molecule has 1 aromatic rings. The van der Waals surface area contributed by atoms with Gasteiger partial charge in [-0.1, -0.05) is 29.3 Å². The number of amides is 1. The van der Waals surface area contributed by atoms with Crippen LogP contribution in [0.25, 0.3) is 5.32 Å². The van der Waals surface area contributed by atoms with Crippen LogP contribution in [0.2, 0.25) is 0 Å². The van der Waals surface area contributed by atoms with Crippen LogP contribution in [0.15, 0.2) is 18.2 Å². The van der Waals surface area contributed by atoms with Gasteiger partial charge in [-0.3, -0.25) is 0 Å². The number of nitrogens with zero attached hydrogens (tertiary/aromatic N) is 1. The van der Waals surface area contributed by atoms with E-state index in [4.69, 9.17) is 0 Å². The van der Waals surface area contributed by atoms with Gasteiger partial charge in [0, 0.05) is 38.3 Å².